The zero-order valence-corrected chi connectivity index (χ0v) is 16.9. The first-order valence-electron chi connectivity index (χ1n) is 10.9. The Morgan fingerprint density at radius 2 is 1.70 bits per heavy atom. The Kier molecular flexibility index (Phi) is 9.58. The zero-order valence-electron chi connectivity index (χ0n) is 16.9. The highest BCUT2D eigenvalue weighted by molar-refractivity contribution is 5.84. The Morgan fingerprint density at radius 3 is 2.41 bits per heavy atom. The van der Waals surface area contributed by atoms with Gasteiger partial charge in [-0.05, 0) is 49.1 Å². The molecule has 0 bridgehead atoms. The van der Waals surface area contributed by atoms with Crippen LogP contribution in [0.4, 0.5) is 0 Å². The SMILES string of the molecule is CCCCCCc1ccc([C@H]2CCC(=O)[C@@H]2CCCCCCC(=O)O)cc1. The summed E-state index contributed by atoms with van der Waals surface area (Å²) in [6.45, 7) is 2.24. The zero-order chi connectivity index (χ0) is 19.5. The van der Waals surface area contributed by atoms with E-state index in [1.807, 2.05) is 0 Å². The smallest absolute Gasteiger partial charge is 0.303 e. The lowest BCUT2D eigenvalue weighted by Gasteiger charge is -2.19. The second kappa shape index (κ2) is 11.9. The van der Waals surface area contributed by atoms with Gasteiger partial charge in [-0.1, -0.05) is 69.7 Å². The summed E-state index contributed by atoms with van der Waals surface area (Å²) in [6, 6.07) is 9.01. The molecule has 1 N–H and O–H groups in total. The Morgan fingerprint density at radius 1 is 1.00 bits per heavy atom. The summed E-state index contributed by atoms with van der Waals surface area (Å²) >= 11 is 0. The molecule has 0 aliphatic heterocycles. The van der Waals surface area contributed by atoms with Crippen LogP contribution >= 0.6 is 0 Å². The molecule has 3 nitrogen and oxygen atoms in total. The van der Waals surface area contributed by atoms with E-state index in [9.17, 15) is 9.59 Å². The van der Waals surface area contributed by atoms with Crippen LogP contribution in [0.15, 0.2) is 24.3 Å². The molecule has 1 aromatic rings. The van der Waals surface area contributed by atoms with E-state index in [-0.39, 0.29) is 12.3 Å². The van der Waals surface area contributed by atoms with Gasteiger partial charge < -0.3 is 5.11 Å². The quantitative estimate of drug-likeness (QED) is 0.414. The van der Waals surface area contributed by atoms with Gasteiger partial charge in [0.15, 0.2) is 0 Å². The molecule has 1 aliphatic carbocycles. The van der Waals surface area contributed by atoms with E-state index in [1.54, 1.807) is 0 Å². The van der Waals surface area contributed by atoms with E-state index in [0.29, 0.717) is 18.1 Å². The van der Waals surface area contributed by atoms with Crippen LogP contribution in [-0.4, -0.2) is 16.9 Å². The van der Waals surface area contributed by atoms with E-state index in [1.165, 1.54) is 36.8 Å². The van der Waals surface area contributed by atoms with Gasteiger partial charge in [-0.3, -0.25) is 9.59 Å². The highest BCUT2D eigenvalue weighted by Gasteiger charge is 2.34. The summed E-state index contributed by atoms with van der Waals surface area (Å²) in [7, 11) is 0. The third-order valence-corrected chi connectivity index (χ3v) is 5.98. The van der Waals surface area contributed by atoms with E-state index < -0.39 is 5.97 Å². The number of benzene rings is 1. The Balaban J connectivity index is 1.79. The van der Waals surface area contributed by atoms with Crippen molar-refractivity contribution in [3.8, 4) is 0 Å². The second-order valence-electron chi connectivity index (χ2n) is 8.12. The van der Waals surface area contributed by atoms with Crippen molar-refractivity contribution in [1.29, 1.82) is 0 Å². The predicted molar refractivity (Wildman–Crippen MR) is 110 cm³/mol. The fraction of sp³-hybridized carbons (Fsp3) is 0.667. The van der Waals surface area contributed by atoms with Gasteiger partial charge in [0.05, 0.1) is 0 Å². The van der Waals surface area contributed by atoms with Gasteiger partial charge in [0.2, 0.25) is 0 Å². The van der Waals surface area contributed by atoms with Crippen molar-refractivity contribution < 1.29 is 14.7 Å². The number of carboxylic acids is 1. The number of rotatable bonds is 13. The lowest BCUT2D eigenvalue weighted by atomic mass is 9.84. The summed E-state index contributed by atoms with van der Waals surface area (Å²) in [5, 5.41) is 8.68. The number of carboxylic acid groups (broad SMARTS) is 1. The van der Waals surface area contributed by atoms with E-state index in [2.05, 4.69) is 31.2 Å². The van der Waals surface area contributed by atoms with Crippen LogP contribution < -0.4 is 0 Å². The summed E-state index contributed by atoms with van der Waals surface area (Å²) in [6.07, 6.45) is 13.0. The van der Waals surface area contributed by atoms with Gasteiger partial charge >= 0.3 is 5.97 Å². The van der Waals surface area contributed by atoms with Gasteiger partial charge in [0.1, 0.15) is 5.78 Å². The molecule has 1 fully saturated rings. The number of hydrogen-bond donors (Lipinski definition) is 1. The van der Waals surface area contributed by atoms with E-state index in [4.69, 9.17) is 5.11 Å². The molecule has 0 spiro atoms. The first-order valence-corrected chi connectivity index (χ1v) is 10.9. The largest absolute Gasteiger partial charge is 0.481 e. The molecule has 0 saturated heterocycles. The molecule has 0 aromatic heterocycles. The van der Waals surface area contributed by atoms with Crippen LogP contribution in [0.5, 0.6) is 0 Å². The minimum Gasteiger partial charge on any atom is -0.481 e. The summed E-state index contributed by atoms with van der Waals surface area (Å²) in [5.41, 5.74) is 2.74. The first kappa shape index (κ1) is 21.7. The molecule has 0 heterocycles. The van der Waals surface area contributed by atoms with Crippen molar-refractivity contribution in [2.75, 3.05) is 0 Å². The van der Waals surface area contributed by atoms with Crippen LogP contribution in [0.1, 0.15) is 101 Å². The minimum atomic E-state index is -0.713. The molecule has 1 aliphatic rings. The number of unbranched alkanes of at least 4 members (excludes halogenated alkanes) is 6. The van der Waals surface area contributed by atoms with Gasteiger partial charge in [-0.25, -0.2) is 0 Å². The maximum Gasteiger partial charge on any atom is 0.303 e. The van der Waals surface area contributed by atoms with Gasteiger partial charge in [-0.15, -0.1) is 0 Å². The monoisotopic (exact) mass is 372 g/mol. The fourth-order valence-corrected chi connectivity index (χ4v) is 4.35. The molecule has 1 aromatic carbocycles. The van der Waals surface area contributed by atoms with Crippen LogP contribution in [0, 0.1) is 5.92 Å². The van der Waals surface area contributed by atoms with Crippen LogP contribution in [0.3, 0.4) is 0 Å². The molecule has 1 saturated carbocycles. The highest BCUT2D eigenvalue weighted by Crippen LogP contribution is 2.40. The fourth-order valence-electron chi connectivity index (χ4n) is 4.35. The predicted octanol–water partition coefficient (Wildman–Crippen LogP) is 6.30. The molecule has 0 unspecified atom stereocenters. The summed E-state index contributed by atoms with van der Waals surface area (Å²) in [5.74, 6) is 0.259. The van der Waals surface area contributed by atoms with Gasteiger partial charge in [0.25, 0.3) is 0 Å². The molecular formula is C24H36O3. The van der Waals surface area contributed by atoms with E-state index >= 15 is 0 Å². The number of carbonyl (C=O) groups excluding carboxylic acids is 1. The molecule has 2 atom stereocenters. The topological polar surface area (TPSA) is 54.4 Å². The standard InChI is InChI=1S/C24H36O3/c1-2-3-4-7-10-19-13-15-20(16-14-19)21-17-18-23(25)22(21)11-8-5-6-9-12-24(26)27/h13-16,21-22H,2-12,17-18H2,1H3,(H,26,27)/t21-,22-/m1/s1. The van der Waals surface area contributed by atoms with Crippen molar-refractivity contribution in [3.63, 3.8) is 0 Å². The minimum absolute atomic E-state index is 0.167. The van der Waals surface area contributed by atoms with Crippen molar-refractivity contribution in [2.24, 2.45) is 5.92 Å². The number of Topliss-reactive ketones (excluding diaryl/α,β-unsaturated/α-hetero) is 1. The summed E-state index contributed by atoms with van der Waals surface area (Å²) < 4.78 is 0. The van der Waals surface area contributed by atoms with Gasteiger partial charge in [0, 0.05) is 18.8 Å². The molecule has 0 amide bonds. The normalized spacial score (nSPS) is 19.5. The first-order chi connectivity index (χ1) is 13.1. The number of aryl methyl sites for hydroxylation is 1. The highest BCUT2D eigenvalue weighted by atomic mass is 16.4. The number of aliphatic carboxylic acids is 1. The molecule has 150 valence electrons. The lowest BCUT2D eigenvalue weighted by molar-refractivity contribution is -0.137. The number of ketones is 1. The summed E-state index contributed by atoms with van der Waals surface area (Å²) in [4.78, 5) is 22.9. The number of hydrogen-bond acceptors (Lipinski definition) is 2. The van der Waals surface area contributed by atoms with Crippen molar-refractivity contribution >= 4 is 11.8 Å². The van der Waals surface area contributed by atoms with Gasteiger partial charge in [-0.2, -0.15) is 0 Å². The van der Waals surface area contributed by atoms with Crippen LogP contribution in [-0.2, 0) is 16.0 Å². The molecule has 27 heavy (non-hydrogen) atoms. The second-order valence-corrected chi connectivity index (χ2v) is 8.12. The molecule has 0 radical (unpaired) electrons. The average Bonchev–Trinajstić information content (AvgIpc) is 3.02. The van der Waals surface area contributed by atoms with Crippen LogP contribution in [0.25, 0.3) is 0 Å². The number of carbonyl (C=O) groups is 2. The van der Waals surface area contributed by atoms with Crippen LogP contribution in [0.2, 0.25) is 0 Å². The van der Waals surface area contributed by atoms with Crippen molar-refractivity contribution in [2.45, 2.75) is 96.3 Å². The Hall–Kier alpha value is -1.64. The lowest BCUT2D eigenvalue weighted by Crippen LogP contribution is -2.13. The molecule has 2 rings (SSSR count). The Bertz CT molecular complexity index is 576. The van der Waals surface area contributed by atoms with Crippen molar-refractivity contribution in [1.82, 2.24) is 0 Å². The third-order valence-electron chi connectivity index (χ3n) is 5.98. The van der Waals surface area contributed by atoms with Crippen molar-refractivity contribution in [3.05, 3.63) is 35.4 Å². The third kappa shape index (κ3) is 7.48. The van der Waals surface area contributed by atoms with E-state index in [0.717, 1.165) is 44.9 Å². The maximum atomic E-state index is 12.4. The molecule has 3 heteroatoms. The molecular weight excluding hydrogens is 336 g/mol. The Labute approximate surface area is 164 Å². The maximum absolute atomic E-state index is 12.4. The average molecular weight is 373 g/mol.